The number of aromatic nitrogens is 2. The normalized spacial score (nSPS) is 27.1. The van der Waals surface area contributed by atoms with Gasteiger partial charge in [-0.15, -0.1) is 0 Å². The molecule has 2 heterocycles. The molecule has 4 rings (SSSR count). The second-order valence-electron chi connectivity index (χ2n) is 6.33. The first-order chi connectivity index (χ1) is 11.1. The van der Waals surface area contributed by atoms with E-state index in [0.717, 1.165) is 32.3 Å². The van der Waals surface area contributed by atoms with Gasteiger partial charge in [0.2, 0.25) is 0 Å². The molecule has 2 fully saturated rings. The molecule has 3 atom stereocenters. The van der Waals surface area contributed by atoms with E-state index >= 15 is 0 Å². The van der Waals surface area contributed by atoms with Gasteiger partial charge in [-0.05, 0) is 50.0 Å². The van der Waals surface area contributed by atoms with Crippen LogP contribution in [-0.4, -0.2) is 34.6 Å². The molecule has 1 saturated carbocycles. The van der Waals surface area contributed by atoms with E-state index in [0.29, 0.717) is 21.7 Å². The number of H-pyrrole nitrogens is 2. The fraction of sp³-hybridized carbons (Fsp3) is 0.500. The molecule has 122 valence electrons. The van der Waals surface area contributed by atoms with Crippen LogP contribution in [0.15, 0.2) is 12.1 Å². The number of rotatable bonds is 2. The van der Waals surface area contributed by atoms with Crippen LogP contribution >= 0.6 is 12.2 Å². The number of hydrogen-bond donors (Lipinski definition) is 3. The Bertz CT molecular complexity index is 815. The zero-order chi connectivity index (χ0) is 16.0. The van der Waals surface area contributed by atoms with E-state index in [2.05, 4.69) is 15.3 Å². The van der Waals surface area contributed by atoms with E-state index in [4.69, 9.17) is 17.0 Å². The standard InChI is InChI=1S/C16H18FN3O2S/c17-8-6-10(14-12(7-8)19-16(23)20-14)15(21)18-11-2-1-3-13-9(11)4-5-22-13/h6-7,9,11,13H,1-5H2,(H,18,21)(H2,19,20,23)/t9-,11-,13-/m1/s1. The van der Waals surface area contributed by atoms with E-state index in [1.54, 1.807) is 0 Å². The van der Waals surface area contributed by atoms with E-state index in [-0.39, 0.29) is 23.6 Å². The monoisotopic (exact) mass is 335 g/mol. The van der Waals surface area contributed by atoms with Crippen molar-refractivity contribution in [3.8, 4) is 0 Å². The lowest BCUT2D eigenvalue weighted by molar-refractivity contribution is 0.0510. The average molecular weight is 335 g/mol. The summed E-state index contributed by atoms with van der Waals surface area (Å²) in [6.45, 7) is 0.761. The minimum absolute atomic E-state index is 0.0870. The molecule has 1 aliphatic carbocycles. The van der Waals surface area contributed by atoms with Crippen LogP contribution in [0.4, 0.5) is 4.39 Å². The van der Waals surface area contributed by atoms with Crippen molar-refractivity contribution in [1.82, 2.24) is 15.3 Å². The Morgan fingerprint density at radius 1 is 1.30 bits per heavy atom. The van der Waals surface area contributed by atoms with Crippen LogP contribution in [0, 0.1) is 16.5 Å². The molecule has 7 heteroatoms. The highest BCUT2D eigenvalue weighted by molar-refractivity contribution is 7.71. The summed E-state index contributed by atoms with van der Waals surface area (Å²) in [5.41, 5.74) is 1.34. The first kappa shape index (κ1) is 14.8. The van der Waals surface area contributed by atoms with Crippen LogP contribution in [0.25, 0.3) is 11.0 Å². The third-order valence-corrected chi connectivity index (χ3v) is 5.14. The Morgan fingerprint density at radius 2 is 2.17 bits per heavy atom. The first-order valence-corrected chi connectivity index (χ1v) is 8.36. The van der Waals surface area contributed by atoms with E-state index in [1.807, 2.05) is 0 Å². The van der Waals surface area contributed by atoms with Crippen molar-refractivity contribution < 1.29 is 13.9 Å². The smallest absolute Gasteiger partial charge is 0.253 e. The summed E-state index contributed by atoms with van der Waals surface area (Å²) in [7, 11) is 0. The van der Waals surface area contributed by atoms with Gasteiger partial charge in [0.1, 0.15) is 5.82 Å². The van der Waals surface area contributed by atoms with Crippen molar-refractivity contribution in [2.75, 3.05) is 6.61 Å². The highest BCUT2D eigenvalue weighted by Gasteiger charge is 2.38. The molecule has 0 bridgehead atoms. The van der Waals surface area contributed by atoms with Gasteiger partial charge in [0.15, 0.2) is 4.77 Å². The SMILES string of the molecule is O=C(N[C@@H]1CCC[C@H]2OCC[C@H]12)c1cc(F)cc2[nH]c(=S)[nH]c12. The van der Waals surface area contributed by atoms with Crippen LogP contribution in [-0.2, 0) is 4.74 Å². The van der Waals surface area contributed by atoms with Crippen LogP contribution in [0.2, 0.25) is 0 Å². The molecule has 1 amide bonds. The fourth-order valence-corrected chi connectivity index (χ4v) is 4.10. The van der Waals surface area contributed by atoms with Crippen LogP contribution in [0.5, 0.6) is 0 Å². The van der Waals surface area contributed by atoms with Gasteiger partial charge in [-0.25, -0.2) is 4.39 Å². The third kappa shape index (κ3) is 2.68. The molecule has 0 radical (unpaired) electrons. The van der Waals surface area contributed by atoms with Crippen molar-refractivity contribution in [3.05, 3.63) is 28.3 Å². The lowest BCUT2D eigenvalue weighted by atomic mass is 9.81. The molecule has 1 aromatic carbocycles. The zero-order valence-corrected chi connectivity index (χ0v) is 13.3. The van der Waals surface area contributed by atoms with E-state index in [1.165, 1.54) is 12.1 Å². The summed E-state index contributed by atoms with van der Waals surface area (Å²) in [4.78, 5) is 18.5. The summed E-state index contributed by atoms with van der Waals surface area (Å²) in [5.74, 6) is -0.364. The number of halogens is 1. The number of amides is 1. The molecule has 1 saturated heterocycles. The Balaban J connectivity index is 1.63. The maximum atomic E-state index is 13.8. The molecule has 2 aliphatic rings. The summed E-state index contributed by atoms with van der Waals surface area (Å²) in [6.07, 6.45) is 4.27. The summed E-state index contributed by atoms with van der Waals surface area (Å²) < 4.78 is 19.9. The molecule has 1 aliphatic heterocycles. The number of carbonyl (C=O) groups is 1. The van der Waals surface area contributed by atoms with E-state index in [9.17, 15) is 9.18 Å². The zero-order valence-electron chi connectivity index (χ0n) is 12.5. The van der Waals surface area contributed by atoms with Crippen LogP contribution in [0.1, 0.15) is 36.0 Å². The van der Waals surface area contributed by atoms with Gasteiger partial charge in [-0.2, -0.15) is 0 Å². The molecular formula is C16H18FN3O2S. The predicted octanol–water partition coefficient (Wildman–Crippen LogP) is 3.05. The average Bonchev–Trinajstić information content (AvgIpc) is 3.12. The number of aromatic amines is 2. The van der Waals surface area contributed by atoms with Gasteiger partial charge in [0.25, 0.3) is 5.91 Å². The molecule has 23 heavy (non-hydrogen) atoms. The van der Waals surface area contributed by atoms with Crippen LogP contribution in [0.3, 0.4) is 0 Å². The van der Waals surface area contributed by atoms with Crippen molar-refractivity contribution in [2.24, 2.45) is 5.92 Å². The second-order valence-corrected chi connectivity index (χ2v) is 6.74. The quantitative estimate of drug-likeness (QED) is 0.739. The summed E-state index contributed by atoms with van der Waals surface area (Å²) in [6, 6.07) is 2.67. The molecule has 5 nitrogen and oxygen atoms in total. The third-order valence-electron chi connectivity index (χ3n) is 4.93. The van der Waals surface area contributed by atoms with Gasteiger partial charge in [0, 0.05) is 18.6 Å². The van der Waals surface area contributed by atoms with Crippen molar-refractivity contribution in [3.63, 3.8) is 0 Å². The van der Waals surface area contributed by atoms with Crippen molar-refractivity contribution in [2.45, 2.75) is 37.8 Å². The van der Waals surface area contributed by atoms with Gasteiger partial charge in [-0.3, -0.25) is 4.79 Å². The number of carbonyl (C=O) groups excluding carboxylic acids is 1. The lowest BCUT2D eigenvalue weighted by Crippen LogP contribution is -2.45. The molecule has 1 aromatic heterocycles. The Kier molecular flexibility index (Phi) is 3.69. The molecular weight excluding hydrogens is 317 g/mol. The van der Waals surface area contributed by atoms with Gasteiger partial charge in [-0.1, -0.05) is 0 Å². The topological polar surface area (TPSA) is 69.9 Å². The minimum Gasteiger partial charge on any atom is -0.378 e. The number of fused-ring (bicyclic) bond motifs is 2. The molecule has 3 N–H and O–H groups in total. The predicted molar refractivity (Wildman–Crippen MR) is 86.4 cm³/mol. The van der Waals surface area contributed by atoms with Gasteiger partial charge in [0.05, 0.1) is 22.7 Å². The summed E-state index contributed by atoms with van der Waals surface area (Å²) >= 11 is 5.04. The first-order valence-electron chi connectivity index (χ1n) is 7.96. The number of benzene rings is 1. The van der Waals surface area contributed by atoms with E-state index < -0.39 is 5.82 Å². The molecule has 2 aromatic rings. The Hall–Kier alpha value is -1.73. The number of hydrogen-bond acceptors (Lipinski definition) is 3. The fourth-order valence-electron chi connectivity index (χ4n) is 3.89. The minimum atomic E-state index is -0.460. The second kappa shape index (κ2) is 5.72. The number of ether oxygens (including phenoxy) is 1. The maximum absolute atomic E-state index is 13.8. The Morgan fingerprint density at radius 3 is 3.04 bits per heavy atom. The lowest BCUT2D eigenvalue weighted by Gasteiger charge is -2.33. The largest absolute Gasteiger partial charge is 0.378 e. The molecule has 0 spiro atoms. The summed E-state index contributed by atoms with van der Waals surface area (Å²) in [5, 5.41) is 3.08. The van der Waals surface area contributed by atoms with Gasteiger partial charge >= 0.3 is 0 Å². The molecule has 0 unspecified atom stereocenters. The van der Waals surface area contributed by atoms with Crippen molar-refractivity contribution in [1.29, 1.82) is 0 Å². The number of imidazole rings is 1. The van der Waals surface area contributed by atoms with Crippen LogP contribution < -0.4 is 5.32 Å². The highest BCUT2D eigenvalue weighted by atomic mass is 32.1. The number of nitrogens with one attached hydrogen (secondary N) is 3. The van der Waals surface area contributed by atoms with Gasteiger partial charge < -0.3 is 20.0 Å². The van der Waals surface area contributed by atoms with Crippen molar-refractivity contribution >= 4 is 29.2 Å². The maximum Gasteiger partial charge on any atom is 0.253 e. The highest BCUT2D eigenvalue weighted by Crippen LogP contribution is 2.34. The Labute approximate surface area is 137 Å².